The van der Waals surface area contributed by atoms with E-state index in [0.29, 0.717) is 0 Å². The number of nitro groups is 2. The highest BCUT2D eigenvalue weighted by Crippen LogP contribution is 2.50. The van der Waals surface area contributed by atoms with Crippen LogP contribution in [0.15, 0.2) is 54.6 Å². The molecule has 7 nitrogen and oxygen atoms in total. The number of rotatable bonds is 3. The third-order valence-corrected chi connectivity index (χ3v) is 5.00. The van der Waals surface area contributed by atoms with E-state index in [9.17, 15) is 20.2 Å². The Labute approximate surface area is 143 Å². The quantitative estimate of drug-likeness (QED) is 0.510. The minimum atomic E-state index is -0.395. The van der Waals surface area contributed by atoms with Gasteiger partial charge in [0.05, 0.1) is 15.9 Å². The smallest absolute Gasteiger partial charge is 0.269 e. The number of nitrogens with zero attached hydrogens (tertiary/aromatic N) is 2. The van der Waals surface area contributed by atoms with Crippen LogP contribution in [-0.2, 0) is 0 Å². The summed E-state index contributed by atoms with van der Waals surface area (Å²) in [7, 11) is 0. The number of anilines is 1. The molecule has 3 atom stereocenters. The predicted octanol–water partition coefficient (Wildman–Crippen LogP) is 4.33. The molecule has 2 aromatic rings. The van der Waals surface area contributed by atoms with E-state index < -0.39 is 4.92 Å². The van der Waals surface area contributed by atoms with Crippen LogP contribution in [0, 0.1) is 26.1 Å². The van der Waals surface area contributed by atoms with Gasteiger partial charge in [-0.15, -0.1) is 0 Å². The maximum atomic E-state index is 11.1. The van der Waals surface area contributed by atoms with E-state index in [1.54, 1.807) is 24.3 Å². The molecule has 4 rings (SSSR count). The Hall–Kier alpha value is -3.22. The summed E-state index contributed by atoms with van der Waals surface area (Å²) < 4.78 is 0. The molecule has 1 aliphatic heterocycles. The predicted molar refractivity (Wildman–Crippen MR) is 92.5 cm³/mol. The molecule has 0 amide bonds. The zero-order chi connectivity index (χ0) is 17.6. The highest BCUT2D eigenvalue weighted by molar-refractivity contribution is 5.63. The molecule has 1 aliphatic carbocycles. The second-order valence-electron chi connectivity index (χ2n) is 6.36. The summed E-state index contributed by atoms with van der Waals surface area (Å²) in [5.41, 5.74) is 2.76. The normalized spacial score (nSPS) is 23.4. The molecule has 25 heavy (non-hydrogen) atoms. The molecule has 0 fully saturated rings. The Balaban J connectivity index is 1.77. The van der Waals surface area contributed by atoms with Gasteiger partial charge < -0.3 is 5.32 Å². The Morgan fingerprint density at radius 3 is 2.52 bits per heavy atom. The highest BCUT2D eigenvalue weighted by Gasteiger charge is 2.38. The largest absolute Gasteiger partial charge is 0.378 e. The zero-order valence-electron chi connectivity index (χ0n) is 13.2. The number of non-ortho nitro benzene ring substituents is 2. The molecule has 126 valence electrons. The summed E-state index contributed by atoms with van der Waals surface area (Å²) in [5.74, 6) is 0.247. The van der Waals surface area contributed by atoms with Crippen molar-refractivity contribution in [2.45, 2.75) is 18.4 Å². The molecule has 0 saturated carbocycles. The second-order valence-corrected chi connectivity index (χ2v) is 6.36. The van der Waals surface area contributed by atoms with Gasteiger partial charge in [-0.05, 0) is 29.5 Å². The van der Waals surface area contributed by atoms with Crippen molar-refractivity contribution in [2.24, 2.45) is 5.92 Å². The Kier molecular flexibility index (Phi) is 3.49. The topological polar surface area (TPSA) is 98.3 Å². The summed E-state index contributed by atoms with van der Waals surface area (Å²) >= 11 is 0. The molecule has 2 aromatic carbocycles. The lowest BCUT2D eigenvalue weighted by atomic mass is 9.77. The molecular weight excluding hydrogens is 322 g/mol. The molecule has 0 bridgehead atoms. The average Bonchev–Trinajstić information content (AvgIpc) is 3.10. The Bertz CT molecular complexity index is 909. The van der Waals surface area contributed by atoms with Crippen molar-refractivity contribution in [1.82, 2.24) is 0 Å². The summed E-state index contributed by atoms with van der Waals surface area (Å²) in [6, 6.07) is 11.4. The van der Waals surface area contributed by atoms with Crippen molar-refractivity contribution in [2.75, 3.05) is 5.32 Å². The van der Waals surface area contributed by atoms with E-state index in [4.69, 9.17) is 0 Å². The van der Waals surface area contributed by atoms with Crippen LogP contribution < -0.4 is 5.32 Å². The van der Waals surface area contributed by atoms with E-state index in [1.165, 1.54) is 12.1 Å². The third kappa shape index (κ3) is 2.53. The number of nitrogens with one attached hydrogen (secondary N) is 1. The molecule has 0 spiro atoms. The molecule has 7 heteroatoms. The first-order valence-electron chi connectivity index (χ1n) is 8.00. The lowest BCUT2D eigenvalue weighted by Gasteiger charge is -2.37. The lowest BCUT2D eigenvalue weighted by molar-refractivity contribution is -0.385. The maximum absolute atomic E-state index is 11.1. The maximum Gasteiger partial charge on any atom is 0.269 e. The fourth-order valence-corrected chi connectivity index (χ4v) is 3.86. The molecule has 0 saturated heterocycles. The van der Waals surface area contributed by atoms with Gasteiger partial charge in [0.15, 0.2) is 0 Å². The number of hydrogen-bond donors (Lipinski definition) is 1. The standard InChI is InChI=1S/C18H15N3O4/c22-20(23)12-4-1-3-11(9-12)18-15-6-2-5-14(15)16-10-13(21(24)25)7-8-17(16)19-18/h1-5,7-10,14-15,18-19H,6H2/t14-,15+,18+/m0/s1. The second kappa shape index (κ2) is 5.70. The van der Waals surface area contributed by atoms with Crippen molar-refractivity contribution in [1.29, 1.82) is 0 Å². The lowest BCUT2D eigenvalue weighted by Crippen LogP contribution is -2.29. The first-order valence-corrected chi connectivity index (χ1v) is 8.00. The van der Waals surface area contributed by atoms with Gasteiger partial charge in [-0.1, -0.05) is 24.3 Å². The van der Waals surface area contributed by atoms with Gasteiger partial charge >= 0.3 is 0 Å². The first-order chi connectivity index (χ1) is 12.0. The first kappa shape index (κ1) is 15.3. The Morgan fingerprint density at radius 1 is 1.00 bits per heavy atom. The van der Waals surface area contributed by atoms with Crippen LogP contribution in [0.2, 0.25) is 0 Å². The number of hydrogen-bond acceptors (Lipinski definition) is 5. The van der Waals surface area contributed by atoms with Crippen molar-refractivity contribution >= 4 is 17.1 Å². The fourth-order valence-electron chi connectivity index (χ4n) is 3.86. The summed E-state index contributed by atoms with van der Waals surface area (Å²) in [6.45, 7) is 0. The molecule has 2 aliphatic rings. The molecular formula is C18H15N3O4. The minimum absolute atomic E-state index is 0.0660. The number of benzene rings is 2. The van der Waals surface area contributed by atoms with Crippen LogP contribution in [-0.4, -0.2) is 9.85 Å². The number of fused-ring (bicyclic) bond motifs is 3. The van der Waals surface area contributed by atoms with Crippen LogP contribution >= 0.6 is 0 Å². The van der Waals surface area contributed by atoms with E-state index in [-0.39, 0.29) is 34.2 Å². The molecule has 0 unspecified atom stereocenters. The van der Waals surface area contributed by atoms with Crippen molar-refractivity contribution in [3.63, 3.8) is 0 Å². The van der Waals surface area contributed by atoms with Gasteiger partial charge in [-0.25, -0.2) is 0 Å². The van der Waals surface area contributed by atoms with Gasteiger partial charge in [0, 0.05) is 35.9 Å². The van der Waals surface area contributed by atoms with Crippen molar-refractivity contribution < 1.29 is 9.85 Å². The SMILES string of the molecule is O=[N+]([O-])c1cccc([C@H]2Nc3ccc([N+](=O)[O-])cc3[C@H]3C=CC[C@H]32)c1. The third-order valence-electron chi connectivity index (χ3n) is 5.00. The van der Waals surface area contributed by atoms with Crippen molar-refractivity contribution in [3.05, 3.63) is 86.0 Å². The summed E-state index contributed by atoms with van der Waals surface area (Å²) in [4.78, 5) is 21.4. The van der Waals surface area contributed by atoms with Crippen molar-refractivity contribution in [3.8, 4) is 0 Å². The molecule has 1 N–H and O–H groups in total. The molecule has 1 heterocycles. The van der Waals surface area contributed by atoms with E-state index in [1.807, 2.05) is 6.07 Å². The van der Waals surface area contributed by atoms with Gasteiger partial charge in [0.1, 0.15) is 0 Å². The van der Waals surface area contributed by atoms with Gasteiger partial charge in [-0.2, -0.15) is 0 Å². The van der Waals surface area contributed by atoms with E-state index in [0.717, 1.165) is 23.2 Å². The summed E-state index contributed by atoms with van der Waals surface area (Å²) in [6.07, 6.45) is 4.99. The minimum Gasteiger partial charge on any atom is -0.378 e. The highest BCUT2D eigenvalue weighted by atomic mass is 16.6. The fraction of sp³-hybridized carbons (Fsp3) is 0.222. The van der Waals surface area contributed by atoms with E-state index >= 15 is 0 Å². The van der Waals surface area contributed by atoms with Gasteiger partial charge in [0.2, 0.25) is 0 Å². The monoisotopic (exact) mass is 337 g/mol. The molecule has 0 aromatic heterocycles. The zero-order valence-corrected chi connectivity index (χ0v) is 13.2. The number of nitro benzene ring substituents is 2. The summed E-state index contributed by atoms with van der Waals surface area (Å²) in [5, 5.41) is 25.6. The van der Waals surface area contributed by atoms with Crippen LogP contribution in [0.1, 0.15) is 29.5 Å². The van der Waals surface area contributed by atoms with Crippen LogP contribution in [0.25, 0.3) is 0 Å². The number of allylic oxidation sites excluding steroid dienone is 2. The van der Waals surface area contributed by atoms with E-state index in [2.05, 4.69) is 17.5 Å². The van der Waals surface area contributed by atoms with Crippen LogP contribution in [0.4, 0.5) is 17.1 Å². The Morgan fingerprint density at radius 2 is 1.76 bits per heavy atom. The van der Waals surface area contributed by atoms with Crippen LogP contribution in [0.5, 0.6) is 0 Å². The molecule has 0 radical (unpaired) electrons. The average molecular weight is 337 g/mol. The van der Waals surface area contributed by atoms with Crippen LogP contribution in [0.3, 0.4) is 0 Å². The van der Waals surface area contributed by atoms with Gasteiger partial charge in [-0.3, -0.25) is 20.2 Å². The van der Waals surface area contributed by atoms with Gasteiger partial charge in [0.25, 0.3) is 11.4 Å².